The van der Waals surface area contributed by atoms with Crippen LogP contribution in [0, 0.1) is 10.1 Å². The van der Waals surface area contributed by atoms with E-state index in [-0.39, 0.29) is 23.8 Å². The first-order chi connectivity index (χ1) is 15.9. The highest BCUT2D eigenvalue weighted by Gasteiger charge is 2.32. The van der Waals surface area contributed by atoms with E-state index in [2.05, 4.69) is 5.32 Å². The molecule has 3 N–H and O–H groups in total. The number of amides is 1. The molecule has 0 radical (unpaired) electrons. The molecule has 1 aliphatic carbocycles. The molecule has 0 aliphatic heterocycles. The Morgan fingerprint density at radius 1 is 1.00 bits per heavy atom. The molecule has 0 saturated carbocycles. The SMILES string of the molecule is O=C(N[C@@H](c1cccc([N+](=O)[O-])c1)[C@H](O)C(=O)O)OCC1c2ccccc2-c2ccccc21. The summed E-state index contributed by atoms with van der Waals surface area (Å²) >= 11 is 0. The van der Waals surface area contributed by atoms with Crippen LogP contribution >= 0.6 is 0 Å². The Balaban J connectivity index is 1.52. The molecule has 0 saturated heterocycles. The topological polar surface area (TPSA) is 139 Å². The molecule has 1 aliphatic rings. The highest BCUT2D eigenvalue weighted by atomic mass is 16.6. The number of aliphatic carboxylic acids is 1. The van der Waals surface area contributed by atoms with E-state index in [0.717, 1.165) is 28.3 Å². The van der Waals surface area contributed by atoms with Crippen LogP contribution in [0.3, 0.4) is 0 Å². The fourth-order valence-electron chi connectivity index (χ4n) is 4.09. The summed E-state index contributed by atoms with van der Waals surface area (Å²) in [4.78, 5) is 34.4. The minimum atomic E-state index is -2.03. The van der Waals surface area contributed by atoms with Crippen LogP contribution in [0.4, 0.5) is 10.5 Å². The second-order valence-electron chi connectivity index (χ2n) is 7.58. The molecule has 1 amide bonds. The summed E-state index contributed by atoms with van der Waals surface area (Å²) < 4.78 is 5.41. The van der Waals surface area contributed by atoms with Crippen LogP contribution in [0.2, 0.25) is 0 Å². The van der Waals surface area contributed by atoms with E-state index < -0.39 is 29.1 Å². The van der Waals surface area contributed by atoms with Gasteiger partial charge in [-0.2, -0.15) is 0 Å². The predicted molar refractivity (Wildman–Crippen MR) is 118 cm³/mol. The molecule has 3 aromatic rings. The number of aliphatic hydroxyl groups is 1. The van der Waals surface area contributed by atoms with Crippen LogP contribution in [0.5, 0.6) is 0 Å². The molecule has 33 heavy (non-hydrogen) atoms. The second-order valence-corrected chi connectivity index (χ2v) is 7.58. The third-order valence-electron chi connectivity index (χ3n) is 5.63. The van der Waals surface area contributed by atoms with Gasteiger partial charge >= 0.3 is 12.1 Å². The molecule has 9 heteroatoms. The van der Waals surface area contributed by atoms with Gasteiger partial charge in [-0.1, -0.05) is 60.7 Å². The molecule has 0 aromatic heterocycles. The van der Waals surface area contributed by atoms with E-state index in [1.807, 2.05) is 48.5 Å². The Kier molecular flexibility index (Phi) is 6.05. The second kappa shape index (κ2) is 9.09. The number of nitro benzene ring substituents is 1. The number of fused-ring (bicyclic) bond motifs is 3. The number of hydrogen-bond donors (Lipinski definition) is 3. The Hall–Kier alpha value is -4.24. The van der Waals surface area contributed by atoms with Crippen molar-refractivity contribution in [2.45, 2.75) is 18.1 Å². The summed E-state index contributed by atoms with van der Waals surface area (Å²) in [5.74, 6) is -1.80. The number of nitro groups is 1. The third-order valence-corrected chi connectivity index (χ3v) is 5.63. The minimum Gasteiger partial charge on any atom is -0.479 e. The number of aliphatic hydroxyl groups excluding tert-OH is 1. The lowest BCUT2D eigenvalue weighted by Crippen LogP contribution is -2.40. The number of nitrogens with zero attached hydrogens (tertiary/aromatic N) is 1. The van der Waals surface area contributed by atoms with Crippen molar-refractivity contribution < 1.29 is 29.5 Å². The highest BCUT2D eigenvalue weighted by molar-refractivity contribution is 5.79. The number of carbonyl (C=O) groups is 2. The van der Waals surface area contributed by atoms with E-state index >= 15 is 0 Å². The molecule has 0 heterocycles. The number of alkyl carbamates (subject to hydrolysis) is 1. The minimum absolute atomic E-state index is 0.00924. The molecule has 9 nitrogen and oxygen atoms in total. The van der Waals surface area contributed by atoms with Crippen molar-refractivity contribution >= 4 is 17.7 Å². The largest absolute Gasteiger partial charge is 0.479 e. The maximum atomic E-state index is 12.6. The van der Waals surface area contributed by atoms with Crippen LogP contribution < -0.4 is 5.32 Å². The lowest BCUT2D eigenvalue weighted by Gasteiger charge is -2.22. The number of hydrogen-bond acceptors (Lipinski definition) is 6. The lowest BCUT2D eigenvalue weighted by molar-refractivity contribution is -0.384. The molecule has 0 fully saturated rings. The average Bonchev–Trinajstić information content (AvgIpc) is 3.14. The van der Waals surface area contributed by atoms with Gasteiger partial charge in [0.25, 0.3) is 5.69 Å². The standard InChI is InChI=1S/C24H20N2O7/c27-22(23(28)29)21(14-6-5-7-15(12-14)26(31)32)25-24(30)33-13-20-18-10-3-1-8-16(18)17-9-2-4-11-19(17)20/h1-12,20-22,27H,13H2,(H,25,30)(H,28,29)/t21-,22-/m0/s1. The number of carboxylic acid groups (broad SMARTS) is 1. The van der Waals surface area contributed by atoms with Gasteiger partial charge < -0.3 is 20.3 Å². The van der Waals surface area contributed by atoms with Crippen LogP contribution in [-0.4, -0.2) is 39.9 Å². The number of benzene rings is 3. The van der Waals surface area contributed by atoms with Gasteiger partial charge in [0.1, 0.15) is 6.61 Å². The molecular weight excluding hydrogens is 428 g/mol. The van der Waals surface area contributed by atoms with Crippen molar-refractivity contribution in [3.05, 3.63) is 99.6 Å². The van der Waals surface area contributed by atoms with E-state index in [0.29, 0.717) is 0 Å². The maximum absolute atomic E-state index is 12.6. The fraction of sp³-hybridized carbons (Fsp3) is 0.167. The normalized spacial score (nSPS) is 14.0. The maximum Gasteiger partial charge on any atom is 0.407 e. The summed E-state index contributed by atoms with van der Waals surface area (Å²) in [6.45, 7) is -0.00924. The fourth-order valence-corrected chi connectivity index (χ4v) is 4.09. The number of rotatable bonds is 7. The van der Waals surface area contributed by atoms with Crippen molar-refractivity contribution in [3.63, 3.8) is 0 Å². The highest BCUT2D eigenvalue weighted by Crippen LogP contribution is 2.44. The van der Waals surface area contributed by atoms with Crippen LogP contribution in [0.25, 0.3) is 11.1 Å². The zero-order chi connectivity index (χ0) is 23.5. The van der Waals surface area contributed by atoms with Gasteiger partial charge in [0.15, 0.2) is 6.10 Å². The number of non-ortho nitro benzene ring substituents is 1. The first kappa shape index (κ1) is 22.0. The zero-order valence-electron chi connectivity index (χ0n) is 17.3. The van der Waals surface area contributed by atoms with Crippen molar-refractivity contribution in [3.8, 4) is 11.1 Å². The quantitative estimate of drug-likeness (QED) is 0.370. The van der Waals surface area contributed by atoms with Crippen LogP contribution in [0.1, 0.15) is 28.7 Å². The Morgan fingerprint density at radius 2 is 1.61 bits per heavy atom. The lowest BCUT2D eigenvalue weighted by atomic mass is 9.98. The summed E-state index contributed by atoms with van der Waals surface area (Å²) in [6, 6.07) is 19.2. The van der Waals surface area contributed by atoms with Crippen molar-refractivity contribution in [2.24, 2.45) is 0 Å². The number of carbonyl (C=O) groups excluding carboxylic acids is 1. The Morgan fingerprint density at radius 3 is 2.18 bits per heavy atom. The first-order valence-corrected chi connectivity index (χ1v) is 10.1. The van der Waals surface area contributed by atoms with Crippen molar-refractivity contribution in [1.29, 1.82) is 0 Å². The Bertz CT molecular complexity index is 1180. The first-order valence-electron chi connectivity index (χ1n) is 10.1. The summed E-state index contributed by atoms with van der Waals surface area (Å²) in [5, 5.41) is 32.8. The zero-order valence-corrected chi connectivity index (χ0v) is 17.3. The molecular formula is C24H20N2O7. The van der Waals surface area contributed by atoms with Crippen molar-refractivity contribution in [1.82, 2.24) is 5.32 Å². The van der Waals surface area contributed by atoms with Gasteiger partial charge in [-0.05, 0) is 27.8 Å². The Labute approximate surface area is 188 Å². The number of nitrogens with one attached hydrogen (secondary N) is 1. The number of carboxylic acids is 1. The van der Waals surface area contributed by atoms with E-state index in [9.17, 15) is 29.9 Å². The van der Waals surface area contributed by atoms with Gasteiger partial charge in [-0.15, -0.1) is 0 Å². The number of ether oxygens (including phenoxy) is 1. The molecule has 0 bridgehead atoms. The van der Waals surface area contributed by atoms with E-state index in [1.54, 1.807) is 0 Å². The summed E-state index contributed by atoms with van der Waals surface area (Å²) in [6.07, 6.45) is -2.99. The van der Waals surface area contributed by atoms with Crippen LogP contribution in [0.15, 0.2) is 72.8 Å². The van der Waals surface area contributed by atoms with Gasteiger partial charge in [-0.3, -0.25) is 10.1 Å². The monoisotopic (exact) mass is 448 g/mol. The molecule has 2 atom stereocenters. The summed E-state index contributed by atoms with van der Waals surface area (Å²) in [5.41, 5.74) is 3.88. The predicted octanol–water partition coefficient (Wildman–Crippen LogP) is 3.62. The van der Waals surface area contributed by atoms with Gasteiger partial charge in [0.2, 0.25) is 0 Å². The van der Waals surface area contributed by atoms with Gasteiger partial charge in [0.05, 0.1) is 11.0 Å². The smallest absolute Gasteiger partial charge is 0.407 e. The van der Waals surface area contributed by atoms with Gasteiger partial charge in [0, 0.05) is 18.1 Å². The molecule has 0 spiro atoms. The molecule has 0 unspecified atom stereocenters. The third kappa shape index (κ3) is 4.39. The van der Waals surface area contributed by atoms with E-state index in [4.69, 9.17) is 4.74 Å². The van der Waals surface area contributed by atoms with E-state index in [1.165, 1.54) is 18.2 Å². The average molecular weight is 448 g/mol. The van der Waals surface area contributed by atoms with Gasteiger partial charge in [-0.25, -0.2) is 9.59 Å². The summed E-state index contributed by atoms with van der Waals surface area (Å²) in [7, 11) is 0. The molecule has 4 rings (SSSR count). The molecule has 3 aromatic carbocycles. The van der Waals surface area contributed by atoms with Crippen molar-refractivity contribution in [2.75, 3.05) is 6.61 Å². The molecule has 168 valence electrons. The van der Waals surface area contributed by atoms with Crippen LogP contribution in [-0.2, 0) is 9.53 Å².